The molecule has 2 aromatic carbocycles. The van der Waals surface area contributed by atoms with Crippen LogP contribution in [0.2, 0.25) is 10.0 Å². The molecule has 0 fully saturated rings. The van der Waals surface area contributed by atoms with Gasteiger partial charge in [-0.2, -0.15) is 0 Å². The number of rotatable bonds is 5. The van der Waals surface area contributed by atoms with E-state index < -0.39 is 0 Å². The number of ether oxygens (including phenoxy) is 1. The second kappa shape index (κ2) is 7.34. The normalized spacial score (nSPS) is 10.2. The minimum atomic E-state index is -0.130. The van der Waals surface area contributed by atoms with Crippen molar-refractivity contribution < 1.29 is 9.53 Å². The van der Waals surface area contributed by atoms with Crippen LogP contribution in [0.25, 0.3) is 0 Å². The van der Waals surface area contributed by atoms with Crippen molar-refractivity contribution in [2.24, 2.45) is 0 Å². The molecule has 21 heavy (non-hydrogen) atoms. The van der Waals surface area contributed by atoms with Crippen LogP contribution in [0.1, 0.15) is 5.56 Å². The highest BCUT2D eigenvalue weighted by atomic mass is 35.5. The predicted octanol–water partition coefficient (Wildman–Crippen LogP) is 4.03. The number of amides is 1. The highest BCUT2D eigenvalue weighted by Crippen LogP contribution is 2.23. The Kier molecular flexibility index (Phi) is 5.48. The van der Waals surface area contributed by atoms with E-state index in [2.05, 4.69) is 0 Å². The van der Waals surface area contributed by atoms with Crippen molar-refractivity contribution in [1.82, 2.24) is 4.90 Å². The Morgan fingerprint density at radius 1 is 1.14 bits per heavy atom. The molecule has 0 atom stereocenters. The third-order valence-electron chi connectivity index (χ3n) is 2.92. The molecular formula is C16H15Cl2NO2. The summed E-state index contributed by atoms with van der Waals surface area (Å²) in [5, 5.41) is 1.14. The molecular weight excluding hydrogens is 309 g/mol. The molecule has 0 saturated heterocycles. The Morgan fingerprint density at radius 2 is 1.90 bits per heavy atom. The summed E-state index contributed by atoms with van der Waals surface area (Å²) in [6.45, 7) is 0.423. The van der Waals surface area contributed by atoms with Crippen LogP contribution in [0, 0.1) is 0 Å². The molecule has 0 aromatic heterocycles. The van der Waals surface area contributed by atoms with E-state index in [1.54, 1.807) is 36.2 Å². The van der Waals surface area contributed by atoms with E-state index in [0.29, 0.717) is 22.3 Å². The van der Waals surface area contributed by atoms with E-state index in [4.69, 9.17) is 27.9 Å². The second-order valence-corrected chi connectivity index (χ2v) is 5.44. The first-order valence-corrected chi connectivity index (χ1v) is 7.17. The summed E-state index contributed by atoms with van der Waals surface area (Å²) in [5.74, 6) is 0.374. The standard InChI is InChI=1S/C16H15Cl2NO2/c1-19(10-12-5-4-6-13(17)9-12)16(20)11-21-15-8-3-2-7-14(15)18/h2-9H,10-11H2,1H3. The van der Waals surface area contributed by atoms with Crippen molar-refractivity contribution in [2.45, 2.75) is 6.54 Å². The Bertz CT molecular complexity index is 631. The van der Waals surface area contributed by atoms with Gasteiger partial charge in [0.1, 0.15) is 5.75 Å². The fourth-order valence-electron chi connectivity index (χ4n) is 1.81. The first-order chi connectivity index (χ1) is 10.1. The number of hydrogen-bond donors (Lipinski definition) is 0. The summed E-state index contributed by atoms with van der Waals surface area (Å²) in [5.41, 5.74) is 0.969. The maximum absolute atomic E-state index is 12.0. The lowest BCUT2D eigenvalue weighted by molar-refractivity contribution is -0.132. The molecule has 0 aliphatic rings. The monoisotopic (exact) mass is 323 g/mol. The van der Waals surface area contributed by atoms with Crippen LogP contribution in [0.5, 0.6) is 5.75 Å². The van der Waals surface area contributed by atoms with E-state index in [1.807, 2.05) is 24.3 Å². The SMILES string of the molecule is CN(Cc1cccc(Cl)c1)C(=O)COc1ccccc1Cl. The first kappa shape index (κ1) is 15.7. The van der Waals surface area contributed by atoms with Crippen molar-refractivity contribution in [2.75, 3.05) is 13.7 Å². The minimum Gasteiger partial charge on any atom is -0.482 e. The second-order valence-electron chi connectivity index (χ2n) is 4.60. The van der Waals surface area contributed by atoms with Gasteiger partial charge in [-0.15, -0.1) is 0 Å². The molecule has 0 saturated carbocycles. The smallest absolute Gasteiger partial charge is 0.260 e. The highest BCUT2D eigenvalue weighted by Gasteiger charge is 2.11. The lowest BCUT2D eigenvalue weighted by Gasteiger charge is -2.18. The van der Waals surface area contributed by atoms with Gasteiger partial charge >= 0.3 is 0 Å². The van der Waals surface area contributed by atoms with Crippen molar-refractivity contribution in [3.05, 3.63) is 64.1 Å². The van der Waals surface area contributed by atoms with Crippen LogP contribution in [-0.4, -0.2) is 24.5 Å². The van der Waals surface area contributed by atoms with Crippen molar-refractivity contribution in [1.29, 1.82) is 0 Å². The maximum atomic E-state index is 12.0. The van der Waals surface area contributed by atoms with Crippen LogP contribution in [-0.2, 0) is 11.3 Å². The molecule has 0 aliphatic carbocycles. The molecule has 5 heteroatoms. The van der Waals surface area contributed by atoms with Gasteiger partial charge in [0.2, 0.25) is 0 Å². The largest absolute Gasteiger partial charge is 0.482 e. The maximum Gasteiger partial charge on any atom is 0.260 e. The van der Waals surface area contributed by atoms with Crippen molar-refractivity contribution in [3.8, 4) is 5.75 Å². The molecule has 0 bridgehead atoms. The van der Waals surface area contributed by atoms with Crippen molar-refractivity contribution in [3.63, 3.8) is 0 Å². The molecule has 0 N–H and O–H groups in total. The first-order valence-electron chi connectivity index (χ1n) is 6.42. The van der Waals surface area contributed by atoms with Gasteiger partial charge < -0.3 is 9.64 Å². The fourth-order valence-corrected chi connectivity index (χ4v) is 2.21. The average Bonchev–Trinajstić information content (AvgIpc) is 2.46. The molecule has 2 aromatic rings. The van der Waals surface area contributed by atoms with Crippen LogP contribution < -0.4 is 4.74 Å². The number of halogens is 2. The number of carbonyl (C=O) groups excluding carboxylic acids is 1. The van der Waals surface area contributed by atoms with Gasteiger partial charge in [0.25, 0.3) is 5.91 Å². The molecule has 2 rings (SSSR count). The minimum absolute atomic E-state index is 0.0548. The summed E-state index contributed by atoms with van der Waals surface area (Å²) < 4.78 is 5.43. The van der Waals surface area contributed by atoms with Gasteiger partial charge in [0, 0.05) is 18.6 Å². The summed E-state index contributed by atoms with van der Waals surface area (Å²) in [6, 6.07) is 14.5. The molecule has 110 valence electrons. The van der Waals surface area contributed by atoms with E-state index in [0.717, 1.165) is 5.56 Å². The van der Waals surface area contributed by atoms with Gasteiger partial charge in [-0.25, -0.2) is 0 Å². The molecule has 0 heterocycles. The number of para-hydroxylation sites is 1. The Morgan fingerprint density at radius 3 is 2.62 bits per heavy atom. The zero-order valence-corrected chi connectivity index (χ0v) is 13.1. The molecule has 0 radical (unpaired) electrons. The highest BCUT2D eigenvalue weighted by molar-refractivity contribution is 6.32. The lowest BCUT2D eigenvalue weighted by atomic mass is 10.2. The lowest BCUT2D eigenvalue weighted by Crippen LogP contribution is -2.30. The van der Waals surface area contributed by atoms with Crippen LogP contribution in [0.3, 0.4) is 0 Å². The van der Waals surface area contributed by atoms with Gasteiger partial charge in [-0.3, -0.25) is 4.79 Å². The van der Waals surface area contributed by atoms with Gasteiger partial charge in [0.15, 0.2) is 6.61 Å². The Labute approximate surface area is 134 Å². The van der Waals surface area contributed by atoms with E-state index in [-0.39, 0.29) is 12.5 Å². The Hall–Kier alpha value is -1.71. The molecule has 0 spiro atoms. The van der Waals surface area contributed by atoms with E-state index in [1.165, 1.54) is 0 Å². The zero-order chi connectivity index (χ0) is 15.2. The summed E-state index contributed by atoms with van der Waals surface area (Å²) in [6.07, 6.45) is 0. The topological polar surface area (TPSA) is 29.5 Å². The number of nitrogens with zero attached hydrogens (tertiary/aromatic N) is 1. The molecule has 3 nitrogen and oxygen atoms in total. The van der Waals surface area contributed by atoms with Crippen molar-refractivity contribution >= 4 is 29.1 Å². The third-order valence-corrected chi connectivity index (χ3v) is 3.47. The number of likely N-dealkylation sites (N-methyl/N-ethyl adjacent to an activating group) is 1. The summed E-state index contributed by atoms with van der Waals surface area (Å²) in [7, 11) is 1.72. The van der Waals surface area contributed by atoms with Crippen LogP contribution in [0.4, 0.5) is 0 Å². The zero-order valence-electron chi connectivity index (χ0n) is 11.6. The number of hydrogen-bond acceptors (Lipinski definition) is 2. The van der Waals surface area contributed by atoms with Crippen LogP contribution >= 0.6 is 23.2 Å². The average molecular weight is 324 g/mol. The van der Waals surface area contributed by atoms with Gasteiger partial charge in [-0.1, -0.05) is 47.5 Å². The molecule has 0 unspecified atom stereocenters. The summed E-state index contributed by atoms with van der Waals surface area (Å²) >= 11 is 11.9. The van der Waals surface area contributed by atoms with Crippen LogP contribution in [0.15, 0.2) is 48.5 Å². The Balaban J connectivity index is 1.90. The fraction of sp³-hybridized carbons (Fsp3) is 0.188. The quantitative estimate of drug-likeness (QED) is 0.831. The summed E-state index contributed by atoms with van der Waals surface area (Å²) in [4.78, 5) is 13.6. The third kappa shape index (κ3) is 4.66. The number of carbonyl (C=O) groups is 1. The predicted molar refractivity (Wildman–Crippen MR) is 84.9 cm³/mol. The van der Waals surface area contributed by atoms with E-state index >= 15 is 0 Å². The number of benzene rings is 2. The van der Waals surface area contributed by atoms with E-state index in [9.17, 15) is 4.79 Å². The van der Waals surface area contributed by atoms with Gasteiger partial charge in [-0.05, 0) is 29.8 Å². The molecule has 1 amide bonds. The van der Waals surface area contributed by atoms with Gasteiger partial charge in [0.05, 0.1) is 5.02 Å². The molecule has 0 aliphatic heterocycles.